The van der Waals surface area contributed by atoms with Crippen molar-refractivity contribution in [1.29, 1.82) is 0 Å². The van der Waals surface area contributed by atoms with Gasteiger partial charge in [-0.2, -0.15) is 0 Å². The van der Waals surface area contributed by atoms with Crippen molar-refractivity contribution in [1.82, 2.24) is 9.80 Å². The van der Waals surface area contributed by atoms with Crippen molar-refractivity contribution in [2.45, 2.75) is 44.9 Å². The van der Waals surface area contributed by atoms with Crippen molar-refractivity contribution in [2.75, 3.05) is 32.8 Å². The van der Waals surface area contributed by atoms with E-state index in [1.54, 1.807) is 18.2 Å². The topological polar surface area (TPSA) is 49.9 Å². The van der Waals surface area contributed by atoms with Gasteiger partial charge in [-0.3, -0.25) is 9.59 Å². The van der Waals surface area contributed by atoms with Gasteiger partial charge < -0.3 is 14.5 Å². The molecule has 0 spiro atoms. The summed E-state index contributed by atoms with van der Waals surface area (Å²) in [5.74, 6) is 0.513. The second-order valence-corrected chi connectivity index (χ2v) is 7.53. The minimum Gasteiger partial charge on any atom is -0.490 e. The third kappa shape index (κ3) is 5.68. The Kier molecular flexibility index (Phi) is 7.07. The van der Waals surface area contributed by atoms with Gasteiger partial charge in [0.1, 0.15) is 0 Å². The Hall–Kier alpha value is -2.11. The Balaban J connectivity index is 1.39. The number of rotatable bonds is 7. The van der Waals surface area contributed by atoms with Crippen molar-refractivity contribution in [3.8, 4) is 5.75 Å². The second-order valence-electron chi connectivity index (χ2n) is 7.53. The monoisotopic (exact) mass is 376 g/mol. The van der Waals surface area contributed by atoms with Gasteiger partial charge >= 0.3 is 0 Å². The molecule has 2 amide bonds. The third-order valence-electron chi connectivity index (χ3n) is 5.42. The highest BCUT2D eigenvalue weighted by atomic mass is 19.1. The van der Waals surface area contributed by atoms with Crippen LogP contribution in [-0.4, -0.2) is 54.4 Å². The quantitative estimate of drug-likeness (QED) is 0.734. The van der Waals surface area contributed by atoms with E-state index in [1.807, 2.05) is 9.80 Å². The molecule has 148 valence electrons. The molecule has 2 aliphatic rings. The van der Waals surface area contributed by atoms with Gasteiger partial charge in [-0.1, -0.05) is 12.1 Å². The molecule has 5 nitrogen and oxygen atoms in total. The van der Waals surface area contributed by atoms with Gasteiger partial charge in [0.05, 0.1) is 6.61 Å². The first kappa shape index (κ1) is 19.6. The molecule has 0 bridgehead atoms. The fourth-order valence-corrected chi connectivity index (χ4v) is 3.87. The van der Waals surface area contributed by atoms with Gasteiger partial charge in [0.15, 0.2) is 11.6 Å². The van der Waals surface area contributed by atoms with Crippen molar-refractivity contribution in [3.05, 3.63) is 30.1 Å². The number of amides is 2. The summed E-state index contributed by atoms with van der Waals surface area (Å²) in [6.45, 7) is 3.37. The smallest absolute Gasteiger partial charge is 0.222 e. The molecular weight excluding hydrogens is 347 g/mol. The Morgan fingerprint density at radius 2 is 2.04 bits per heavy atom. The number of likely N-dealkylation sites (tertiary alicyclic amines) is 2. The molecule has 1 atom stereocenters. The summed E-state index contributed by atoms with van der Waals surface area (Å²) in [5.41, 5.74) is 0. The molecule has 2 aliphatic heterocycles. The number of hydrogen-bond donors (Lipinski definition) is 0. The summed E-state index contributed by atoms with van der Waals surface area (Å²) >= 11 is 0. The summed E-state index contributed by atoms with van der Waals surface area (Å²) < 4.78 is 19.3. The largest absolute Gasteiger partial charge is 0.490 e. The minimum absolute atomic E-state index is 0.148. The van der Waals surface area contributed by atoms with Crippen LogP contribution in [0.1, 0.15) is 44.9 Å². The Morgan fingerprint density at radius 1 is 1.19 bits per heavy atom. The first-order valence-electron chi connectivity index (χ1n) is 10.1. The predicted octanol–water partition coefficient (Wildman–Crippen LogP) is 3.24. The van der Waals surface area contributed by atoms with Crippen LogP contribution in [-0.2, 0) is 9.59 Å². The number of ether oxygens (including phenoxy) is 1. The zero-order chi connectivity index (χ0) is 19.1. The summed E-state index contributed by atoms with van der Waals surface area (Å²) in [6.07, 6.45) is 5.82. The van der Waals surface area contributed by atoms with E-state index in [1.165, 1.54) is 6.07 Å². The fourth-order valence-electron chi connectivity index (χ4n) is 3.87. The normalized spacial score (nSPS) is 20.6. The number of carbonyl (C=O) groups excluding carboxylic acids is 2. The van der Waals surface area contributed by atoms with Crippen LogP contribution in [0.5, 0.6) is 5.75 Å². The summed E-state index contributed by atoms with van der Waals surface area (Å²) in [5, 5.41) is 0. The summed E-state index contributed by atoms with van der Waals surface area (Å²) in [6, 6.07) is 6.41. The second kappa shape index (κ2) is 9.72. The van der Waals surface area contributed by atoms with E-state index in [4.69, 9.17) is 4.74 Å². The highest BCUT2D eigenvalue weighted by Gasteiger charge is 2.25. The lowest BCUT2D eigenvalue weighted by Crippen LogP contribution is -2.42. The summed E-state index contributed by atoms with van der Waals surface area (Å²) in [7, 11) is 0. The van der Waals surface area contributed by atoms with Crippen LogP contribution >= 0.6 is 0 Å². The van der Waals surface area contributed by atoms with E-state index in [-0.39, 0.29) is 29.3 Å². The van der Waals surface area contributed by atoms with Gasteiger partial charge in [0, 0.05) is 44.9 Å². The lowest BCUT2D eigenvalue weighted by Gasteiger charge is -2.33. The number of benzene rings is 1. The molecule has 0 N–H and O–H groups in total. The number of para-hydroxylation sites is 1. The molecule has 3 rings (SSSR count). The number of hydrogen-bond acceptors (Lipinski definition) is 3. The van der Waals surface area contributed by atoms with Crippen LogP contribution in [0.25, 0.3) is 0 Å². The average Bonchev–Trinajstić information content (AvgIpc) is 2.69. The van der Waals surface area contributed by atoms with E-state index in [0.717, 1.165) is 45.2 Å². The molecule has 27 heavy (non-hydrogen) atoms. The molecule has 1 aromatic rings. The van der Waals surface area contributed by atoms with E-state index in [9.17, 15) is 14.0 Å². The summed E-state index contributed by atoms with van der Waals surface area (Å²) in [4.78, 5) is 28.1. The Morgan fingerprint density at radius 3 is 2.85 bits per heavy atom. The van der Waals surface area contributed by atoms with Gasteiger partial charge in [-0.05, 0) is 44.2 Å². The van der Waals surface area contributed by atoms with Crippen molar-refractivity contribution in [3.63, 3.8) is 0 Å². The van der Waals surface area contributed by atoms with Gasteiger partial charge in [-0.25, -0.2) is 4.39 Å². The number of carbonyl (C=O) groups is 2. The van der Waals surface area contributed by atoms with Gasteiger partial charge in [0.2, 0.25) is 11.8 Å². The lowest BCUT2D eigenvalue weighted by atomic mass is 9.98. The maximum absolute atomic E-state index is 13.7. The predicted molar refractivity (Wildman–Crippen MR) is 101 cm³/mol. The molecule has 1 aromatic carbocycles. The molecule has 2 fully saturated rings. The Labute approximate surface area is 160 Å². The SMILES string of the molecule is O=C1CCCCN1CCCC(=O)N1CCCC(COc2ccccc2F)C1. The zero-order valence-electron chi connectivity index (χ0n) is 15.9. The molecule has 0 aliphatic carbocycles. The number of nitrogens with zero attached hydrogens (tertiary/aromatic N) is 2. The van der Waals surface area contributed by atoms with Crippen molar-refractivity contribution >= 4 is 11.8 Å². The fraction of sp³-hybridized carbons (Fsp3) is 0.619. The first-order chi connectivity index (χ1) is 13.1. The van der Waals surface area contributed by atoms with Crippen LogP contribution in [0.4, 0.5) is 4.39 Å². The molecule has 2 heterocycles. The molecule has 0 saturated carbocycles. The van der Waals surface area contributed by atoms with Crippen LogP contribution < -0.4 is 4.74 Å². The van der Waals surface area contributed by atoms with Gasteiger partial charge in [0.25, 0.3) is 0 Å². The Bertz CT molecular complexity index is 652. The zero-order valence-corrected chi connectivity index (χ0v) is 15.9. The van der Waals surface area contributed by atoms with Crippen molar-refractivity contribution in [2.24, 2.45) is 5.92 Å². The molecule has 1 unspecified atom stereocenters. The van der Waals surface area contributed by atoms with E-state index < -0.39 is 0 Å². The third-order valence-corrected chi connectivity index (χ3v) is 5.42. The molecule has 0 radical (unpaired) electrons. The molecule has 0 aromatic heterocycles. The average molecular weight is 376 g/mol. The van der Waals surface area contributed by atoms with Crippen molar-refractivity contribution < 1.29 is 18.7 Å². The van der Waals surface area contributed by atoms with Crippen LogP contribution in [0.3, 0.4) is 0 Å². The van der Waals surface area contributed by atoms with Crippen LogP contribution in [0, 0.1) is 11.7 Å². The lowest BCUT2D eigenvalue weighted by molar-refractivity contribution is -0.136. The highest BCUT2D eigenvalue weighted by Crippen LogP contribution is 2.21. The number of halogens is 1. The molecular formula is C21H29FN2O3. The first-order valence-corrected chi connectivity index (χ1v) is 10.1. The van der Waals surface area contributed by atoms with E-state index >= 15 is 0 Å². The number of piperidine rings is 2. The maximum Gasteiger partial charge on any atom is 0.222 e. The maximum atomic E-state index is 13.7. The van der Waals surface area contributed by atoms with Crippen LogP contribution in [0.15, 0.2) is 24.3 Å². The van der Waals surface area contributed by atoms with E-state index in [0.29, 0.717) is 32.5 Å². The van der Waals surface area contributed by atoms with Gasteiger partial charge in [-0.15, -0.1) is 0 Å². The molecule has 6 heteroatoms. The standard InChI is InChI=1S/C21H29FN2O3/c22-18-8-1-2-9-19(18)27-16-17-7-5-14-24(15-17)21(26)11-6-13-23-12-4-3-10-20(23)25/h1-2,8-9,17H,3-7,10-16H2. The molecule has 2 saturated heterocycles. The minimum atomic E-state index is -0.353. The van der Waals surface area contributed by atoms with E-state index in [2.05, 4.69) is 0 Å². The highest BCUT2D eigenvalue weighted by molar-refractivity contribution is 5.77. The van der Waals surface area contributed by atoms with Crippen LogP contribution in [0.2, 0.25) is 0 Å².